The first kappa shape index (κ1) is 15.8. The van der Waals surface area contributed by atoms with Crippen molar-refractivity contribution >= 4 is 23.6 Å². The summed E-state index contributed by atoms with van der Waals surface area (Å²) >= 11 is 1.99. The number of carbonyl (C=O) groups excluding carboxylic acids is 1. The van der Waals surface area contributed by atoms with Crippen LogP contribution in [0.4, 0.5) is 0 Å². The van der Waals surface area contributed by atoms with Crippen molar-refractivity contribution in [3.05, 3.63) is 24.2 Å². The first-order chi connectivity index (χ1) is 10.3. The minimum absolute atomic E-state index is 0.0930. The molecule has 0 aliphatic carbocycles. The summed E-state index contributed by atoms with van der Waals surface area (Å²) in [5, 5.41) is 9.70. The molecular weight excluding hydrogens is 288 g/mol. The van der Waals surface area contributed by atoms with Gasteiger partial charge in [0.15, 0.2) is 5.96 Å². The summed E-state index contributed by atoms with van der Waals surface area (Å²) in [6, 6.07) is 3.63. The van der Waals surface area contributed by atoms with E-state index in [2.05, 4.69) is 20.9 Å². The molecule has 1 saturated heterocycles. The molecule has 1 fully saturated rings. The molecule has 6 nitrogen and oxygen atoms in total. The molecular formula is C14H22N4O2S. The van der Waals surface area contributed by atoms with Crippen LogP contribution in [-0.4, -0.2) is 43.0 Å². The summed E-state index contributed by atoms with van der Waals surface area (Å²) in [6.07, 6.45) is 4.13. The Morgan fingerprint density at radius 3 is 3.05 bits per heavy atom. The lowest BCUT2D eigenvalue weighted by molar-refractivity contribution is -0.120. The van der Waals surface area contributed by atoms with Gasteiger partial charge in [-0.3, -0.25) is 9.79 Å². The van der Waals surface area contributed by atoms with Crippen LogP contribution < -0.4 is 16.0 Å². The molecule has 0 spiro atoms. The van der Waals surface area contributed by atoms with Gasteiger partial charge in [0.1, 0.15) is 5.76 Å². The molecule has 2 rings (SSSR count). The molecule has 1 amide bonds. The molecule has 1 atom stereocenters. The van der Waals surface area contributed by atoms with Crippen molar-refractivity contribution < 1.29 is 9.21 Å². The average molecular weight is 310 g/mol. The molecule has 0 bridgehead atoms. The first-order valence-electron chi connectivity index (χ1n) is 7.13. The van der Waals surface area contributed by atoms with Gasteiger partial charge < -0.3 is 20.4 Å². The predicted molar refractivity (Wildman–Crippen MR) is 85.4 cm³/mol. The van der Waals surface area contributed by atoms with Crippen molar-refractivity contribution in [3.63, 3.8) is 0 Å². The Morgan fingerprint density at radius 1 is 1.48 bits per heavy atom. The average Bonchev–Trinajstić information content (AvgIpc) is 3.18. The number of hydrogen-bond donors (Lipinski definition) is 3. The minimum atomic E-state index is -0.0930. The Labute approximate surface area is 129 Å². The second kappa shape index (κ2) is 8.61. The van der Waals surface area contributed by atoms with Crippen LogP contribution >= 0.6 is 11.8 Å². The zero-order chi connectivity index (χ0) is 14.9. The fourth-order valence-corrected chi connectivity index (χ4v) is 3.26. The van der Waals surface area contributed by atoms with Gasteiger partial charge in [0.25, 0.3) is 0 Å². The monoisotopic (exact) mass is 310 g/mol. The van der Waals surface area contributed by atoms with Gasteiger partial charge in [-0.1, -0.05) is 0 Å². The molecule has 0 aromatic carbocycles. The predicted octanol–water partition coefficient (Wildman–Crippen LogP) is 0.956. The number of carbonyl (C=O) groups is 1. The molecule has 1 aromatic rings. The number of amides is 1. The molecule has 1 aliphatic heterocycles. The SMILES string of the molecule is CN=C(NCC(=O)NCc1ccco1)NCC1CCCS1. The Balaban J connectivity index is 1.61. The lowest BCUT2D eigenvalue weighted by Gasteiger charge is -2.14. The zero-order valence-electron chi connectivity index (χ0n) is 12.2. The quantitative estimate of drug-likeness (QED) is 0.539. The van der Waals surface area contributed by atoms with E-state index in [1.54, 1.807) is 19.4 Å². The molecule has 7 heteroatoms. The maximum Gasteiger partial charge on any atom is 0.239 e. The molecule has 116 valence electrons. The van der Waals surface area contributed by atoms with E-state index in [1.807, 2.05) is 17.8 Å². The number of thioether (sulfide) groups is 1. The number of hydrogen-bond acceptors (Lipinski definition) is 4. The molecule has 1 unspecified atom stereocenters. The number of nitrogens with zero attached hydrogens (tertiary/aromatic N) is 1. The van der Waals surface area contributed by atoms with Gasteiger partial charge >= 0.3 is 0 Å². The van der Waals surface area contributed by atoms with E-state index >= 15 is 0 Å². The summed E-state index contributed by atoms with van der Waals surface area (Å²) in [6.45, 7) is 1.48. The molecule has 1 aliphatic rings. The molecule has 3 N–H and O–H groups in total. The summed E-state index contributed by atoms with van der Waals surface area (Å²) in [4.78, 5) is 15.8. The van der Waals surface area contributed by atoms with Crippen molar-refractivity contribution in [3.8, 4) is 0 Å². The van der Waals surface area contributed by atoms with E-state index in [0.717, 1.165) is 12.3 Å². The molecule has 0 radical (unpaired) electrons. The maximum atomic E-state index is 11.7. The smallest absolute Gasteiger partial charge is 0.239 e. The van der Waals surface area contributed by atoms with Gasteiger partial charge in [-0.05, 0) is 30.7 Å². The van der Waals surface area contributed by atoms with Gasteiger partial charge in [-0.25, -0.2) is 0 Å². The standard InChI is InChI=1S/C14H22N4O2S/c1-15-14(17-9-12-5-3-7-21-12)18-10-13(19)16-8-11-4-2-6-20-11/h2,4,6,12H,3,5,7-10H2,1H3,(H,16,19)(H2,15,17,18). The van der Waals surface area contributed by atoms with E-state index in [9.17, 15) is 4.79 Å². The van der Waals surface area contributed by atoms with Crippen LogP contribution in [0.15, 0.2) is 27.8 Å². The van der Waals surface area contributed by atoms with E-state index in [1.165, 1.54) is 18.6 Å². The summed E-state index contributed by atoms with van der Waals surface area (Å²) < 4.78 is 5.15. The molecule has 1 aromatic heterocycles. The van der Waals surface area contributed by atoms with Crippen molar-refractivity contribution in [2.24, 2.45) is 4.99 Å². The third-order valence-electron chi connectivity index (χ3n) is 3.20. The van der Waals surface area contributed by atoms with Crippen LogP contribution in [0.3, 0.4) is 0 Å². The van der Waals surface area contributed by atoms with Crippen molar-refractivity contribution in [1.82, 2.24) is 16.0 Å². The minimum Gasteiger partial charge on any atom is -0.467 e. The Hall–Kier alpha value is -1.63. The normalized spacial score (nSPS) is 18.5. The molecule has 21 heavy (non-hydrogen) atoms. The van der Waals surface area contributed by atoms with E-state index in [-0.39, 0.29) is 12.5 Å². The maximum absolute atomic E-state index is 11.7. The van der Waals surface area contributed by atoms with Crippen LogP contribution in [0, 0.1) is 0 Å². The highest BCUT2D eigenvalue weighted by Crippen LogP contribution is 2.25. The fourth-order valence-electron chi connectivity index (χ4n) is 2.06. The van der Waals surface area contributed by atoms with E-state index < -0.39 is 0 Å². The Bertz CT molecular complexity index is 456. The van der Waals surface area contributed by atoms with Crippen LogP contribution in [0.1, 0.15) is 18.6 Å². The molecule has 0 saturated carbocycles. The Kier molecular flexibility index (Phi) is 6.46. The third kappa shape index (κ3) is 5.71. The van der Waals surface area contributed by atoms with Crippen molar-refractivity contribution in [1.29, 1.82) is 0 Å². The number of aliphatic imine (C=N–C) groups is 1. The highest BCUT2D eigenvalue weighted by atomic mass is 32.2. The van der Waals surface area contributed by atoms with Gasteiger partial charge in [-0.15, -0.1) is 0 Å². The van der Waals surface area contributed by atoms with Gasteiger partial charge in [0.2, 0.25) is 5.91 Å². The van der Waals surface area contributed by atoms with Crippen LogP contribution in [-0.2, 0) is 11.3 Å². The number of rotatable bonds is 6. The first-order valence-corrected chi connectivity index (χ1v) is 8.18. The fraction of sp³-hybridized carbons (Fsp3) is 0.571. The lowest BCUT2D eigenvalue weighted by Crippen LogP contribution is -2.44. The van der Waals surface area contributed by atoms with Crippen molar-refractivity contribution in [2.75, 3.05) is 25.9 Å². The number of furan rings is 1. The van der Waals surface area contributed by atoms with E-state index in [4.69, 9.17) is 4.42 Å². The second-order valence-electron chi connectivity index (χ2n) is 4.80. The van der Waals surface area contributed by atoms with Crippen molar-refractivity contribution in [2.45, 2.75) is 24.6 Å². The van der Waals surface area contributed by atoms with Gasteiger partial charge in [-0.2, -0.15) is 11.8 Å². The van der Waals surface area contributed by atoms with Gasteiger partial charge in [0, 0.05) is 18.8 Å². The number of nitrogens with one attached hydrogen (secondary N) is 3. The molecule has 2 heterocycles. The van der Waals surface area contributed by atoms with E-state index in [0.29, 0.717) is 17.8 Å². The van der Waals surface area contributed by atoms with Crippen LogP contribution in [0.25, 0.3) is 0 Å². The topological polar surface area (TPSA) is 78.7 Å². The summed E-state index contributed by atoms with van der Waals surface area (Å²) in [5.74, 6) is 2.55. The third-order valence-corrected chi connectivity index (χ3v) is 4.60. The second-order valence-corrected chi connectivity index (χ2v) is 6.21. The van der Waals surface area contributed by atoms with Gasteiger partial charge in [0.05, 0.1) is 19.4 Å². The summed E-state index contributed by atoms with van der Waals surface area (Å²) in [7, 11) is 1.71. The van der Waals surface area contributed by atoms with Crippen LogP contribution in [0.5, 0.6) is 0 Å². The number of guanidine groups is 1. The van der Waals surface area contributed by atoms with Crippen LogP contribution in [0.2, 0.25) is 0 Å². The lowest BCUT2D eigenvalue weighted by atomic mass is 10.2. The summed E-state index contributed by atoms with van der Waals surface area (Å²) in [5.41, 5.74) is 0. The zero-order valence-corrected chi connectivity index (χ0v) is 13.0. The Morgan fingerprint density at radius 2 is 2.38 bits per heavy atom. The highest BCUT2D eigenvalue weighted by Gasteiger charge is 2.15. The highest BCUT2D eigenvalue weighted by molar-refractivity contribution is 8.00. The largest absolute Gasteiger partial charge is 0.467 e.